The van der Waals surface area contributed by atoms with Gasteiger partial charge in [0.15, 0.2) is 5.82 Å². The van der Waals surface area contributed by atoms with Crippen molar-refractivity contribution in [2.45, 2.75) is 78.3 Å². The zero-order valence-corrected chi connectivity index (χ0v) is 22.1. The Morgan fingerprint density at radius 2 is 1.86 bits per heavy atom. The average Bonchev–Trinajstić information content (AvgIpc) is 3.18. The van der Waals surface area contributed by atoms with Crippen molar-refractivity contribution >= 4 is 34.2 Å². The van der Waals surface area contributed by atoms with Crippen molar-refractivity contribution in [2.75, 3.05) is 5.73 Å². The van der Waals surface area contributed by atoms with E-state index in [1.54, 1.807) is 6.07 Å². The Balaban J connectivity index is 1.93. The van der Waals surface area contributed by atoms with Gasteiger partial charge in [-0.15, -0.1) is 0 Å². The van der Waals surface area contributed by atoms with E-state index in [9.17, 15) is 9.90 Å². The number of aromatic nitrogens is 3. The number of nitrogens with one attached hydrogen (secondary N) is 1. The number of phenolic OH excluding ortho intramolecular Hbond substituents is 1. The van der Waals surface area contributed by atoms with Crippen molar-refractivity contribution in [1.29, 1.82) is 0 Å². The normalized spacial score (nSPS) is 12.4. The first kappa shape index (κ1) is 25.5. The number of anilines is 1. The molecule has 36 heavy (non-hydrogen) atoms. The van der Waals surface area contributed by atoms with E-state index in [-0.39, 0.29) is 5.41 Å². The van der Waals surface area contributed by atoms with Gasteiger partial charge in [0.25, 0.3) is 0 Å². The molecule has 4 N–H and O–H groups in total. The van der Waals surface area contributed by atoms with Crippen LogP contribution in [0.25, 0.3) is 21.9 Å². The standard InChI is InChI=1S/C29H37N5O2/c1-7-8-9-24-33-25-26(34(24)16-19-10-13-23(36)18(2)14-19)21-12-11-20(15-22(21)32-27(25)30)28(3,4)29(5,6)31-17-35/h10-15,17,36H,7-9,16H2,1-6H3,(H2,30,32)(H,31,35). The van der Waals surface area contributed by atoms with Gasteiger partial charge >= 0.3 is 0 Å². The molecule has 0 atom stereocenters. The van der Waals surface area contributed by atoms with Gasteiger partial charge in [0.1, 0.15) is 17.1 Å². The minimum absolute atomic E-state index is 0.293. The number of carbonyl (C=O) groups is 1. The zero-order chi connectivity index (χ0) is 26.3. The Morgan fingerprint density at radius 3 is 2.53 bits per heavy atom. The number of carbonyl (C=O) groups excluding carboxylic acids is 1. The second kappa shape index (κ2) is 9.45. The van der Waals surface area contributed by atoms with Crippen LogP contribution in [0.15, 0.2) is 36.4 Å². The Hall–Kier alpha value is -3.61. The number of rotatable bonds is 9. The van der Waals surface area contributed by atoms with Crippen LogP contribution in [0.1, 0.15) is 70.0 Å². The fraction of sp³-hybridized carbons (Fsp3) is 0.414. The van der Waals surface area contributed by atoms with Crippen LogP contribution in [-0.4, -0.2) is 31.6 Å². The molecule has 0 aliphatic carbocycles. The molecule has 4 rings (SSSR count). The van der Waals surface area contributed by atoms with Crippen molar-refractivity contribution in [1.82, 2.24) is 19.9 Å². The summed E-state index contributed by atoms with van der Waals surface area (Å²) in [5, 5.41) is 14.0. The Bertz CT molecular complexity index is 1440. The number of pyridine rings is 1. The molecular weight excluding hydrogens is 450 g/mol. The molecular formula is C29H37N5O2. The first-order chi connectivity index (χ1) is 17.0. The highest BCUT2D eigenvalue weighted by Gasteiger charge is 2.38. The minimum Gasteiger partial charge on any atom is -0.508 e. The minimum atomic E-state index is -0.468. The number of unbranched alkanes of at least 4 members (excludes halogenated alkanes) is 1. The number of hydrogen-bond acceptors (Lipinski definition) is 5. The van der Waals surface area contributed by atoms with Gasteiger partial charge in [-0.3, -0.25) is 4.79 Å². The summed E-state index contributed by atoms with van der Waals surface area (Å²) in [4.78, 5) is 20.9. The maximum Gasteiger partial charge on any atom is 0.207 e. The Morgan fingerprint density at radius 1 is 1.11 bits per heavy atom. The number of benzene rings is 2. The number of aryl methyl sites for hydroxylation is 2. The second-order valence-electron chi connectivity index (χ2n) is 10.8. The molecule has 0 fully saturated rings. The molecule has 2 aromatic heterocycles. The summed E-state index contributed by atoms with van der Waals surface area (Å²) in [6.07, 6.45) is 3.70. The quantitative estimate of drug-likeness (QED) is 0.275. The number of amides is 1. The molecule has 0 bridgehead atoms. The third-order valence-electron chi connectivity index (χ3n) is 7.84. The van der Waals surface area contributed by atoms with Crippen LogP contribution >= 0.6 is 0 Å². The summed E-state index contributed by atoms with van der Waals surface area (Å²) in [6.45, 7) is 13.0. The molecule has 7 heteroatoms. The third kappa shape index (κ3) is 4.38. The van der Waals surface area contributed by atoms with E-state index in [1.807, 2.05) is 32.9 Å². The smallest absolute Gasteiger partial charge is 0.207 e. The van der Waals surface area contributed by atoms with Crippen molar-refractivity contribution < 1.29 is 9.90 Å². The number of hydrogen-bond donors (Lipinski definition) is 3. The summed E-state index contributed by atoms with van der Waals surface area (Å²) in [6, 6.07) is 12.0. The summed E-state index contributed by atoms with van der Waals surface area (Å²) >= 11 is 0. The van der Waals surface area contributed by atoms with Gasteiger partial charge in [0.2, 0.25) is 6.41 Å². The number of nitrogens with two attached hydrogens (primary N) is 1. The second-order valence-corrected chi connectivity index (χ2v) is 10.8. The molecule has 2 heterocycles. The first-order valence-electron chi connectivity index (χ1n) is 12.6. The highest BCUT2D eigenvalue weighted by atomic mass is 16.3. The highest BCUT2D eigenvalue weighted by Crippen LogP contribution is 2.38. The monoisotopic (exact) mass is 487 g/mol. The SMILES string of the molecule is CCCCc1nc2c(N)nc3cc(C(C)(C)C(C)(C)NC=O)ccc3c2n1Cc1ccc(O)c(C)c1. The Labute approximate surface area is 212 Å². The number of imidazole rings is 1. The van der Waals surface area contributed by atoms with E-state index < -0.39 is 5.54 Å². The summed E-state index contributed by atoms with van der Waals surface area (Å²) in [7, 11) is 0. The Kier molecular flexibility index (Phi) is 6.69. The van der Waals surface area contributed by atoms with Crippen molar-refractivity contribution in [3.63, 3.8) is 0 Å². The molecule has 2 aromatic carbocycles. The lowest BCUT2D eigenvalue weighted by molar-refractivity contribution is -0.111. The van der Waals surface area contributed by atoms with Crippen LogP contribution in [0.5, 0.6) is 5.75 Å². The number of aromatic hydroxyl groups is 1. The van der Waals surface area contributed by atoms with Gasteiger partial charge in [-0.05, 0) is 56.0 Å². The lowest BCUT2D eigenvalue weighted by Crippen LogP contribution is -2.53. The van der Waals surface area contributed by atoms with Crippen LogP contribution in [0.2, 0.25) is 0 Å². The average molecular weight is 488 g/mol. The van der Waals surface area contributed by atoms with Crippen LogP contribution < -0.4 is 11.1 Å². The molecule has 190 valence electrons. The molecule has 0 unspecified atom stereocenters. The molecule has 0 radical (unpaired) electrons. The van der Waals surface area contributed by atoms with E-state index in [4.69, 9.17) is 15.7 Å². The van der Waals surface area contributed by atoms with Crippen LogP contribution in [-0.2, 0) is 23.2 Å². The first-order valence-corrected chi connectivity index (χ1v) is 12.6. The summed E-state index contributed by atoms with van der Waals surface area (Å²) in [5.41, 5.74) is 11.2. The molecule has 0 aliphatic heterocycles. The van der Waals surface area contributed by atoms with Gasteiger partial charge in [-0.25, -0.2) is 9.97 Å². The van der Waals surface area contributed by atoms with E-state index in [1.165, 1.54) is 0 Å². The fourth-order valence-electron chi connectivity index (χ4n) is 4.73. The van der Waals surface area contributed by atoms with Gasteiger partial charge in [0, 0.05) is 29.3 Å². The lowest BCUT2D eigenvalue weighted by Gasteiger charge is -2.41. The predicted octanol–water partition coefficient (Wildman–Crippen LogP) is 5.37. The number of nitrogen functional groups attached to an aromatic ring is 1. The molecule has 0 spiro atoms. The largest absolute Gasteiger partial charge is 0.508 e. The lowest BCUT2D eigenvalue weighted by atomic mass is 9.69. The van der Waals surface area contributed by atoms with E-state index in [0.717, 1.165) is 70.1 Å². The maximum atomic E-state index is 11.2. The van der Waals surface area contributed by atoms with E-state index >= 15 is 0 Å². The number of fused-ring (bicyclic) bond motifs is 3. The topological polar surface area (TPSA) is 106 Å². The van der Waals surface area contributed by atoms with Crippen LogP contribution in [0.4, 0.5) is 5.82 Å². The fourth-order valence-corrected chi connectivity index (χ4v) is 4.73. The van der Waals surface area contributed by atoms with E-state index in [0.29, 0.717) is 18.1 Å². The van der Waals surface area contributed by atoms with Gasteiger partial charge < -0.3 is 20.7 Å². The van der Waals surface area contributed by atoms with Gasteiger partial charge in [-0.1, -0.05) is 51.5 Å². The van der Waals surface area contributed by atoms with E-state index in [2.05, 4.69) is 48.9 Å². The molecule has 0 saturated carbocycles. The van der Waals surface area contributed by atoms with Crippen molar-refractivity contribution in [2.24, 2.45) is 0 Å². The molecule has 1 amide bonds. The van der Waals surface area contributed by atoms with Crippen molar-refractivity contribution in [3.05, 3.63) is 58.9 Å². The highest BCUT2D eigenvalue weighted by molar-refractivity contribution is 6.06. The molecule has 0 aliphatic rings. The molecule has 0 saturated heterocycles. The van der Waals surface area contributed by atoms with Gasteiger partial charge in [-0.2, -0.15) is 0 Å². The van der Waals surface area contributed by atoms with Crippen molar-refractivity contribution in [3.8, 4) is 5.75 Å². The van der Waals surface area contributed by atoms with Gasteiger partial charge in [0.05, 0.1) is 11.0 Å². The number of phenols is 1. The van der Waals surface area contributed by atoms with Crippen LogP contribution in [0, 0.1) is 6.92 Å². The predicted molar refractivity (Wildman–Crippen MR) is 146 cm³/mol. The summed E-state index contributed by atoms with van der Waals surface area (Å²) in [5.74, 6) is 1.69. The summed E-state index contributed by atoms with van der Waals surface area (Å²) < 4.78 is 2.25. The zero-order valence-electron chi connectivity index (χ0n) is 22.1. The maximum absolute atomic E-state index is 11.2. The molecule has 7 nitrogen and oxygen atoms in total. The van der Waals surface area contributed by atoms with Crippen LogP contribution in [0.3, 0.4) is 0 Å². The third-order valence-corrected chi connectivity index (χ3v) is 7.84. The molecule has 4 aromatic rings. The number of nitrogens with zero attached hydrogens (tertiary/aromatic N) is 3.